The Bertz CT molecular complexity index is 681. The fourth-order valence-electron chi connectivity index (χ4n) is 1.62. The Labute approximate surface area is 121 Å². The van der Waals surface area contributed by atoms with E-state index in [1.54, 1.807) is 18.2 Å². The lowest BCUT2D eigenvalue weighted by Gasteiger charge is -2.05. The van der Waals surface area contributed by atoms with Crippen LogP contribution in [0.1, 0.15) is 11.1 Å². The molecule has 0 aliphatic carbocycles. The Kier molecular flexibility index (Phi) is 4.46. The zero-order chi connectivity index (χ0) is 13.8. The number of hydrogen-bond donors (Lipinski definition) is 0. The lowest BCUT2D eigenvalue weighted by molar-refractivity contribution is 0.626. The van der Waals surface area contributed by atoms with Crippen molar-refractivity contribution in [3.8, 4) is 6.07 Å². The standard InChI is InChI=1S/C14H9BrFNOS/c15-12-2-1-3-14(7-12)19(18)9-11-6-13(16)5-4-10(11)8-17/h1-7H,9H2. The van der Waals surface area contributed by atoms with Crippen LogP contribution in [0.3, 0.4) is 0 Å². The van der Waals surface area contributed by atoms with Gasteiger partial charge in [0.1, 0.15) is 5.82 Å². The second-order valence-electron chi connectivity index (χ2n) is 3.86. The van der Waals surface area contributed by atoms with E-state index in [0.717, 1.165) is 4.47 Å². The molecule has 1 unspecified atom stereocenters. The predicted molar refractivity (Wildman–Crippen MR) is 75.4 cm³/mol. The fourth-order valence-corrected chi connectivity index (χ4v) is 3.35. The summed E-state index contributed by atoms with van der Waals surface area (Å²) in [6.07, 6.45) is 0. The maximum Gasteiger partial charge on any atom is 0.123 e. The van der Waals surface area contributed by atoms with Gasteiger partial charge in [0.15, 0.2) is 0 Å². The minimum atomic E-state index is -1.31. The third-order valence-corrected chi connectivity index (χ3v) is 4.38. The van der Waals surface area contributed by atoms with E-state index in [-0.39, 0.29) is 5.75 Å². The largest absolute Gasteiger partial charge is 0.254 e. The smallest absolute Gasteiger partial charge is 0.123 e. The lowest BCUT2D eigenvalue weighted by Crippen LogP contribution is -1.99. The summed E-state index contributed by atoms with van der Waals surface area (Å²) in [5.41, 5.74) is 0.811. The molecule has 0 spiro atoms. The van der Waals surface area contributed by atoms with Gasteiger partial charge in [-0.15, -0.1) is 0 Å². The molecule has 0 saturated heterocycles. The Morgan fingerprint density at radius 1 is 1.26 bits per heavy atom. The van der Waals surface area contributed by atoms with Crippen LogP contribution < -0.4 is 0 Å². The van der Waals surface area contributed by atoms with Gasteiger partial charge in [0.25, 0.3) is 0 Å². The van der Waals surface area contributed by atoms with Crippen molar-refractivity contribution in [2.45, 2.75) is 10.6 Å². The van der Waals surface area contributed by atoms with Crippen LogP contribution >= 0.6 is 15.9 Å². The van der Waals surface area contributed by atoms with E-state index in [0.29, 0.717) is 16.0 Å². The van der Waals surface area contributed by atoms with Crippen molar-refractivity contribution in [3.05, 3.63) is 63.9 Å². The van der Waals surface area contributed by atoms with Crippen LogP contribution in [-0.2, 0) is 16.6 Å². The molecule has 19 heavy (non-hydrogen) atoms. The quantitative estimate of drug-likeness (QED) is 0.855. The van der Waals surface area contributed by atoms with Crippen LogP contribution in [0, 0.1) is 17.1 Å². The molecule has 2 aromatic carbocycles. The molecule has 0 amide bonds. The Balaban J connectivity index is 2.29. The second kappa shape index (κ2) is 6.09. The molecule has 2 aromatic rings. The first-order valence-corrected chi connectivity index (χ1v) is 7.54. The van der Waals surface area contributed by atoms with Crippen molar-refractivity contribution in [1.29, 1.82) is 5.26 Å². The predicted octanol–water partition coefficient (Wildman–Crippen LogP) is 3.77. The molecule has 0 radical (unpaired) electrons. The van der Waals surface area contributed by atoms with E-state index in [1.807, 2.05) is 12.1 Å². The molecule has 0 aliphatic rings. The molecular weight excluding hydrogens is 329 g/mol. The number of halogens is 2. The molecule has 0 aliphatic heterocycles. The molecule has 2 nitrogen and oxygen atoms in total. The molecule has 2 rings (SSSR count). The second-order valence-corrected chi connectivity index (χ2v) is 6.23. The Morgan fingerprint density at radius 2 is 2.05 bits per heavy atom. The van der Waals surface area contributed by atoms with Crippen LogP contribution in [0.25, 0.3) is 0 Å². The molecule has 0 bridgehead atoms. The highest BCUT2D eigenvalue weighted by Crippen LogP contribution is 2.19. The van der Waals surface area contributed by atoms with Gasteiger partial charge in [0.2, 0.25) is 0 Å². The van der Waals surface area contributed by atoms with Crippen molar-refractivity contribution in [2.75, 3.05) is 0 Å². The summed E-state index contributed by atoms with van der Waals surface area (Å²) < 4.78 is 26.2. The third kappa shape index (κ3) is 3.49. The molecule has 0 heterocycles. The van der Waals surface area contributed by atoms with Crippen LogP contribution in [0.15, 0.2) is 51.8 Å². The minimum Gasteiger partial charge on any atom is -0.254 e. The number of rotatable bonds is 3. The molecular formula is C14H9BrFNOS. The van der Waals surface area contributed by atoms with Gasteiger partial charge >= 0.3 is 0 Å². The fraction of sp³-hybridized carbons (Fsp3) is 0.0714. The van der Waals surface area contributed by atoms with Crippen LogP contribution in [0.5, 0.6) is 0 Å². The van der Waals surface area contributed by atoms with Crippen molar-refractivity contribution >= 4 is 26.7 Å². The molecule has 0 aromatic heterocycles. The highest BCUT2D eigenvalue weighted by molar-refractivity contribution is 9.10. The molecule has 5 heteroatoms. The van der Waals surface area contributed by atoms with Crippen molar-refractivity contribution in [3.63, 3.8) is 0 Å². The summed E-state index contributed by atoms with van der Waals surface area (Å²) in [6.45, 7) is 0. The van der Waals surface area contributed by atoms with Gasteiger partial charge in [-0.05, 0) is 42.0 Å². The summed E-state index contributed by atoms with van der Waals surface area (Å²) in [4.78, 5) is 0.641. The number of hydrogen-bond acceptors (Lipinski definition) is 2. The normalized spacial score (nSPS) is 11.8. The van der Waals surface area contributed by atoms with Gasteiger partial charge in [-0.25, -0.2) is 4.39 Å². The Hall–Kier alpha value is -1.51. The van der Waals surface area contributed by atoms with Gasteiger partial charge in [-0.3, -0.25) is 4.21 Å². The van der Waals surface area contributed by atoms with E-state index >= 15 is 0 Å². The van der Waals surface area contributed by atoms with Crippen LogP contribution in [0.2, 0.25) is 0 Å². The average molecular weight is 338 g/mol. The van der Waals surface area contributed by atoms with E-state index in [9.17, 15) is 8.60 Å². The summed E-state index contributed by atoms with van der Waals surface area (Å²) in [6, 6.07) is 13.0. The number of nitriles is 1. The van der Waals surface area contributed by atoms with Gasteiger partial charge in [-0.1, -0.05) is 22.0 Å². The summed E-state index contributed by atoms with van der Waals surface area (Å²) in [7, 11) is -1.31. The van der Waals surface area contributed by atoms with Crippen molar-refractivity contribution < 1.29 is 8.60 Å². The number of benzene rings is 2. The SMILES string of the molecule is N#Cc1ccc(F)cc1CS(=O)c1cccc(Br)c1. The maximum absolute atomic E-state index is 13.2. The van der Waals surface area contributed by atoms with Crippen molar-refractivity contribution in [1.82, 2.24) is 0 Å². The van der Waals surface area contributed by atoms with Crippen LogP contribution in [-0.4, -0.2) is 4.21 Å². The molecule has 96 valence electrons. The first kappa shape index (κ1) is 13.9. The molecule has 0 N–H and O–H groups in total. The van der Waals surface area contributed by atoms with Crippen LogP contribution in [0.4, 0.5) is 4.39 Å². The first-order chi connectivity index (χ1) is 9.10. The van der Waals surface area contributed by atoms with Gasteiger partial charge in [-0.2, -0.15) is 5.26 Å². The summed E-state index contributed by atoms with van der Waals surface area (Å²) in [5, 5.41) is 8.96. The zero-order valence-electron chi connectivity index (χ0n) is 9.77. The van der Waals surface area contributed by atoms with Gasteiger partial charge in [0.05, 0.1) is 28.2 Å². The minimum absolute atomic E-state index is 0.122. The monoisotopic (exact) mass is 337 g/mol. The lowest BCUT2D eigenvalue weighted by atomic mass is 10.1. The maximum atomic E-state index is 13.2. The highest BCUT2D eigenvalue weighted by atomic mass is 79.9. The zero-order valence-corrected chi connectivity index (χ0v) is 12.2. The summed E-state index contributed by atoms with van der Waals surface area (Å²) >= 11 is 3.31. The topological polar surface area (TPSA) is 40.9 Å². The van der Waals surface area contributed by atoms with E-state index in [4.69, 9.17) is 5.26 Å². The van der Waals surface area contributed by atoms with Gasteiger partial charge in [0, 0.05) is 9.37 Å². The van der Waals surface area contributed by atoms with E-state index in [1.165, 1.54) is 18.2 Å². The Morgan fingerprint density at radius 3 is 2.74 bits per heavy atom. The van der Waals surface area contributed by atoms with Gasteiger partial charge < -0.3 is 0 Å². The van der Waals surface area contributed by atoms with Crippen molar-refractivity contribution in [2.24, 2.45) is 0 Å². The number of nitrogens with zero attached hydrogens (tertiary/aromatic N) is 1. The van der Waals surface area contributed by atoms with E-state index in [2.05, 4.69) is 15.9 Å². The average Bonchev–Trinajstić information content (AvgIpc) is 2.39. The first-order valence-electron chi connectivity index (χ1n) is 5.42. The molecule has 0 saturated carbocycles. The molecule has 1 atom stereocenters. The summed E-state index contributed by atoms with van der Waals surface area (Å²) in [5.74, 6) is -0.308. The highest BCUT2D eigenvalue weighted by Gasteiger charge is 2.10. The molecule has 0 fully saturated rings. The third-order valence-electron chi connectivity index (χ3n) is 2.53. The van der Waals surface area contributed by atoms with E-state index < -0.39 is 16.6 Å².